The number of ether oxygens (including phenoxy) is 1. The third-order valence-corrected chi connectivity index (χ3v) is 3.71. The summed E-state index contributed by atoms with van der Waals surface area (Å²) in [6.45, 7) is 2.54. The van der Waals surface area contributed by atoms with E-state index in [2.05, 4.69) is 43.5 Å². The van der Waals surface area contributed by atoms with Crippen molar-refractivity contribution in [3.8, 4) is 5.75 Å². The molecule has 0 fully saturated rings. The molecule has 0 aliphatic rings. The summed E-state index contributed by atoms with van der Waals surface area (Å²) < 4.78 is 5.97. The highest BCUT2D eigenvalue weighted by Crippen LogP contribution is 2.24. The number of nitrogens with two attached hydrogens (primary N) is 1. The van der Waals surface area contributed by atoms with E-state index in [-0.39, 0.29) is 6.10 Å². The smallest absolute Gasteiger partial charge is 0.136 e. The molecule has 19 heavy (non-hydrogen) atoms. The lowest BCUT2D eigenvalue weighted by Crippen LogP contribution is -2.18. The van der Waals surface area contributed by atoms with Crippen molar-refractivity contribution in [3.05, 3.63) is 59.7 Å². The van der Waals surface area contributed by atoms with Crippen LogP contribution in [0.5, 0.6) is 5.75 Å². The first-order chi connectivity index (χ1) is 9.22. The minimum Gasteiger partial charge on any atom is -0.484 e. The zero-order chi connectivity index (χ0) is 13.7. The lowest BCUT2D eigenvalue weighted by molar-refractivity contribution is 0.214. The summed E-state index contributed by atoms with van der Waals surface area (Å²) in [5.74, 6) is 0.856. The zero-order valence-corrected chi connectivity index (χ0v) is 12.1. The molecule has 0 amide bonds. The van der Waals surface area contributed by atoms with E-state index in [1.165, 1.54) is 10.5 Å². The second kappa shape index (κ2) is 6.64. The average molecular weight is 273 g/mol. The van der Waals surface area contributed by atoms with E-state index < -0.39 is 0 Å². The van der Waals surface area contributed by atoms with Crippen LogP contribution in [0.2, 0.25) is 0 Å². The summed E-state index contributed by atoms with van der Waals surface area (Å²) >= 11 is 1.72. The minimum atomic E-state index is -0.0972. The van der Waals surface area contributed by atoms with Crippen LogP contribution in [0.25, 0.3) is 0 Å². The SMILES string of the molecule is CSc1ccc(OC(CN)c2cccc(C)c2)cc1. The van der Waals surface area contributed by atoms with Crippen LogP contribution in [0.3, 0.4) is 0 Å². The van der Waals surface area contributed by atoms with Crippen molar-refractivity contribution >= 4 is 11.8 Å². The fraction of sp³-hybridized carbons (Fsp3) is 0.250. The van der Waals surface area contributed by atoms with Gasteiger partial charge in [0.15, 0.2) is 0 Å². The standard InChI is InChI=1S/C16H19NOS/c1-12-4-3-5-13(10-12)16(11-17)18-14-6-8-15(19-2)9-7-14/h3-10,16H,11,17H2,1-2H3. The van der Waals surface area contributed by atoms with Gasteiger partial charge >= 0.3 is 0 Å². The topological polar surface area (TPSA) is 35.2 Å². The highest BCUT2D eigenvalue weighted by atomic mass is 32.2. The molecule has 2 aromatic rings. The molecule has 2 nitrogen and oxygen atoms in total. The summed E-state index contributed by atoms with van der Waals surface area (Å²) in [5, 5.41) is 0. The molecule has 100 valence electrons. The third-order valence-electron chi connectivity index (χ3n) is 2.97. The van der Waals surface area contributed by atoms with Crippen molar-refractivity contribution in [2.45, 2.75) is 17.9 Å². The molecule has 0 saturated heterocycles. The molecule has 2 N–H and O–H groups in total. The summed E-state index contributed by atoms with van der Waals surface area (Å²) in [5.41, 5.74) is 8.17. The molecule has 0 heterocycles. The van der Waals surface area contributed by atoms with Crippen molar-refractivity contribution in [1.82, 2.24) is 0 Å². The Morgan fingerprint density at radius 2 is 1.89 bits per heavy atom. The Hall–Kier alpha value is -1.45. The first kappa shape index (κ1) is 14.0. The predicted octanol–water partition coefficient (Wildman–Crippen LogP) is 3.80. The Morgan fingerprint density at radius 1 is 1.16 bits per heavy atom. The largest absolute Gasteiger partial charge is 0.484 e. The number of rotatable bonds is 5. The maximum absolute atomic E-state index is 5.97. The van der Waals surface area contributed by atoms with Gasteiger partial charge < -0.3 is 10.5 Å². The molecule has 0 bridgehead atoms. The Morgan fingerprint density at radius 3 is 2.47 bits per heavy atom. The van der Waals surface area contributed by atoms with Gasteiger partial charge in [0.25, 0.3) is 0 Å². The van der Waals surface area contributed by atoms with Gasteiger partial charge in [-0.25, -0.2) is 0 Å². The van der Waals surface area contributed by atoms with Gasteiger partial charge in [0.2, 0.25) is 0 Å². The van der Waals surface area contributed by atoms with E-state index in [0.29, 0.717) is 6.54 Å². The maximum Gasteiger partial charge on any atom is 0.136 e. The van der Waals surface area contributed by atoms with Gasteiger partial charge in [-0.05, 0) is 43.0 Å². The van der Waals surface area contributed by atoms with Gasteiger partial charge in [0.1, 0.15) is 11.9 Å². The van der Waals surface area contributed by atoms with Crippen LogP contribution >= 0.6 is 11.8 Å². The number of thioether (sulfide) groups is 1. The van der Waals surface area contributed by atoms with Crippen molar-refractivity contribution < 1.29 is 4.74 Å². The molecular formula is C16H19NOS. The molecule has 0 radical (unpaired) electrons. The van der Waals surface area contributed by atoms with Gasteiger partial charge in [-0.2, -0.15) is 0 Å². The monoisotopic (exact) mass is 273 g/mol. The van der Waals surface area contributed by atoms with Gasteiger partial charge in [-0.3, -0.25) is 0 Å². The first-order valence-electron chi connectivity index (χ1n) is 6.30. The van der Waals surface area contributed by atoms with E-state index in [9.17, 15) is 0 Å². The van der Waals surface area contributed by atoms with Crippen LogP contribution in [0.4, 0.5) is 0 Å². The summed E-state index contributed by atoms with van der Waals surface area (Å²) in [6, 6.07) is 16.4. The van der Waals surface area contributed by atoms with Gasteiger partial charge in [-0.1, -0.05) is 29.8 Å². The van der Waals surface area contributed by atoms with E-state index in [1.807, 2.05) is 18.2 Å². The van der Waals surface area contributed by atoms with Crippen molar-refractivity contribution in [3.63, 3.8) is 0 Å². The van der Waals surface area contributed by atoms with E-state index in [1.54, 1.807) is 11.8 Å². The van der Waals surface area contributed by atoms with Crippen molar-refractivity contribution in [2.24, 2.45) is 5.73 Å². The van der Waals surface area contributed by atoms with E-state index >= 15 is 0 Å². The highest BCUT2D eigenvalue weighted by molar-refractivity contribution is 7.98. The van der Waals surface area contributed by atoms with Crippen molar-refractivity contribution in [2.75, 3.05) is 12.8 Å². The molecule has 3 heteroatoms. The summed E-state index contributed by atoms with van der Waals surface area (Å²) in [7, 11) is 0. The van der Waals surface area contributed by atoms with Crippen LogP contribution in [0.1, 0.15) is 17.2 Å². The highest BCUT2D eigenvalue weighted by Gasteiger charge is 2.11. The van der Waals surface area contributed by atoms with E-state index in [0.717, 1.165) is 11.3 Å². The second-order valence-corrected chi connectivity index (χ2v) is 5.31. The summed E-state index contributed by atoms with van der Waals surface area (Å²) in [6.07, 6.45) is 1.96. The molecule has 1 atom stereocenters. The Bertz CT molecular complexity index is 525. The Balaban J connectivity index is 2.14. The van der Waals surface area contributed by atoms with E-state index in [4.69, 9.17) is 10.5 Å². The first-order valence-corrected chi connectivity index (χ1v) is 7.52. The molecule has 1 unspecified atom stereocenters. The fourth-order valence-electron chi connectivity index (χ4n) is 1.94. The van der Waals surface area contributed by atoms with Gasteiger partial charge in [0, 0.05) is 11.4 Å². The minimum absolute atomic E-state index is 0.0972. The summed E-state index contributed by atoms with van der Waals surface area (Å²) in [4.78, 5) is 1.23. The van der Waals surface area contributed by atoms with Crippen LogP contribution in [-0.4, -0.2) is 12.8 Å². The number of benzene rings is 2. The fourth-order valence-corrected chi connectivity index (χ4v) is 2.35. The molecular weight excluding hydrogens is 254 g/mol. The number of aryl methyl sites for hydroxylation is 1. The second-order valence-electron chi connectivity index (χ2n) is 4.43. The van der Waals surface area contributed by atoms with Crippen LogP contribution in [0.15, 0.2) is 53.4 Å². The van der Waals surface area contributed by atoms with Gasteiger partial charge in [0.05, 0.1) is 0 Å². The Kier molecular flexibility index (Phi) is 4.88. The molecule has 0 aliphatic carbocycles. The van der Waals surface area contributed by atoms with Crippen LogP contribution in [-0.2, 0) is 0 Å². The quantitative estimate of drug-likeness (QED) is 0.842. The molecule has 2 aromatic carbocycles. The third kappa shape index (κ3) is 3.75. The normalized spacial score (nSPS) is 12.2. The molecule has 2 rings (SSSR count). The average Bonchev–Trinajstić information content (AvgIpc) is 2.45. The zero-order valence-electron chi connectivity index (χ0n) is 11.3. The van der Waals surface area contributed by atoms with Crippen LogP contribution < -0.4 is 10.5 Å². The maximum atomic E-state index is 5.97. The van der Waals surface area contributed by atoms with Crippen LogP contribution in [0, 0.1) is 6.92 Å². The predicted molar refractivity (Wildman–Crippen MR) is 81.8 cm³/mol. The number of hydrogen-bond donors (Lipinski definition) is 1. The lowest BCUT2D eigenvalue weighted by Gasteiger charge is -2.18. The molecule has 0 saturated carbocycles. The van der Waals surface area contributed by atoms with Crippen molar-refractivity contribution in [1.29, 1.82) is 0 Å². The number of hydrogen-bond acceptors (Lipinski definition) is 3. The lowest BCUT2D eigenvalue weighted by atomic mass is 10.1. The molecule has 0 aromatic heterocycles. The molecule has 0 spiro atoms. The molecule has 0 aliphatic heterocycles. The Labute approximate surface area is 119 Å². The van der Waals surface area contributed by atoms with Gasteiger partial charge in [-0.15, -0.1) is 11.8 Å².